The van der Waals surface area contributed by atoms with Crippen LogP contribution in [0.2, 0.25) is 0 Å². The summed E-state index contributed by atoms with van der Waals surface area (Å²) in [5.74, 6) is 3.08. The molecule has 0 unspecified atom stereocenters. The van der Waals surface area contributed by atoms with Crippen molar-refractivity contribution < 1.29 is 9.53 Å². The lowest BCUT2D eigenvalue weighted by atomic mass is 9.54. The maximum Gasteiger partial charge on any atom is 0.341 e. The molecule has 4 bridgehead atoms. The lowest BCUT2D eigenvalue weighted by molar-refractivity contribution is -0.00665. The van der Waals surface area contributed by atoms with Crippen LogP contribution in [0, 0.1) is 23.7 Å². The van der Waals surface area contributed by atoms with Crippen molar-refractivity contribution in [3.05, 3.63) is 52.4 Å². The second-order valence-electron chi connectivity index (χ2n) is 9.39. The molecule has 4 fully saturated rings. The molecule has 4 saturated carbocycles. The lowest BCUT2D eigenvalue weighted by Crippen LogP contribution is -2.56. The second kappa shape index (κ2) is 8.91. The highest BCUT2D eigenvalue weighted by Gasteiger charge is 2.48. The molecule has 0 radical (unpaired) electrons. The Bertz CT molecular complexity index is 928. The molecule has 4 nitrogen and oxygen atoms in total. The number of ether oxygens (including phenoxy) is 1. The molecule has 0 aliphatic heterocycles. The van der Waals surface area contributed by atoms with Crippen LogP contribution in [0.15, 0.2) is 36.4 Å². The first-order chi connectivity index (χ1) is 15.1. The van der Waals surface area contributed by atoms with Gasteiger partial charge in [-0.15, -0.1) is 11.3 Å². The summed E-state index contributed by atoms with van der Waals surface area (Å²) in [6, 6.07) is 12.7. The van der Waals surface area contributed by atoms with E-state index >= 15 is 0 Å². The molecule has 4 aliphatic carbocycles. The van der Waals surface area contributed by atoms with Crippen molar-refractivity contribution in [2.75, 3.05) is 11.9 Å². The summed E-state index contributed by atoms with van der Waals surface area (Å²) in [6.45, 7) is 2.19. The van der Waals surface area contributed by atoms with Crippen LogP contribution in [0.1, 0.15) is 59.8 Å². The number of carbonyl (C=O) groups excluding carboxylic acids is 1. The largest absolute Gasteiger partial charge is 0.462 e. The molecule has 2 aromatic rings. The van der Waals surface area contributed by atoms with E-state index in [1.54, 1.807) is 11.3 Å². The Morgan fingerprint density at radius 1 is 1.10 bits per heavy atom. The molecule has 0 atom stereocenters. The third-order valence-corrected chi connectivity index (χ3v) is 8.52. The predicted molar refractivity (Wildman–Crippen MR) is 130 cm³/mol. The number of thiophene rings is 1. The molecule has 0 spiro atoms. The number of nitrogens with one attached hydrogen (secondary N) is 2. The average molecular weight is 455 g/mol. The van der Waals surface area contributed by atoms with Gasteiger partial charge in [0.1, 0.15) is 5.00 Å². The normalized spacial score (nSPS) is 28.4. The fraction of sp³-hybridized carbons (Fsp3) is 0.520. The third kappa shape index (κ3) is 4.51. The summed E-state index contributed by atoms with van der Waals surface area (Å²) < 4.78 is 5.31. The van der Waals surface area contributed by atoms with Crippen molar-refractivity contribution in [1.82, 2.24) is 5.32 Å². The topological polar surface area (TPSA) is 50.4 Å². The van der Waals surface area contributed by atoms with Gasteiger partial charge in [-0.25, -0.2) is 4.79 Å². The molecule has 1 aromatic heterocycles. The Morgan fingerprint density at radius 2 is 1.77 bits per heavy atom. The summed E-state index contributed by atoms with van der Waals surface area (Å²) >= 11 is 7.31. The van der Waals surface area contributed by atoms with Crippen LogP contribution in [0.25, 0.3) is 0 Å². The van der Waals surface area contributed by atoms with Gasteiger partial charge in [0.15, 0.2) is 5.11 Å². The van der Waals surface area contributed by atoms with Crippen LogP contribution in [-0.2, 0) is 11.2 Å². The van der Waals surface area contributed by atoms with E-state index in [0.717, 1.165) is 40.0 Å². The van der Waals surface area contributed by atoms with Gasteiger partial charge < -0.3 is 15.4 Å². The summed E-state index contributed by atoms with van der Waals surface area (Å²) in [4.78, 5) is 13.7. The number of carbonyl (C=O) groups is 1. The van der Waals surface area contributed by atoms with E-state index < -0.39 is 0 Å². The van der Waals surface area contributed by atoms with Gasteiger partial charge in [0.25, 0.3) is 0 Å². The first-order valence-corrected chi connectivity index (χ1v) is 12.7. The van der Waals surface area contributed by atoms with Gasteiger partial charge >= 0.3 is 5.97 Å². The minimum Gasteiger partial charge on any atom is -0.462 e. The molecule has 1 heterocycles. The van der Waals surface area contributed by atoms with Crippen molar-refractivity contribution in [3.8, 4) is 0 Å². The van der Waals surface area contributed by atoms with E-state index in [2.05, 4.69) is 22.8 Å². The predicted octanol–water partition coefficient (Wildman–Crippen LogP) is 5.63. The number of thiocarbonyl (C=S) groups is 1. The monoisotopic (exact) mass is 454 g/mol. The van der Waals surface area contributed by atoms with Crippen molar-refractivity contribution in [2.45, 2.75) is 51.5 Å². The maximum absolute atomic E-state index is 12.6. The second-order valence-corrected chi connectivity index (χ2v) is 10.9. The van der Waals surface area contributed by atoms with E-state index in [1.165, 1.54) is 37.7 Å². The highest BCUT2D eigenvalue weighted by molar-refractivity contribution is 7.80. The summed E-state index contributed by atoms with van der Waals surface area (Å²) in [7, 11) is 0. The van der Waals surface area contributed by atoms with E-state index in [1.807, 2.05) is 31.2 Å². The molecule has 4 aliphatic rings. The Hall–Kier alpha value is -1.92. The van der Waals surface area contributed by atoms with Gasteiger partial charge in [0.05, 0.1) is 12.2 Å². The van der Waals surface area contributed by atoms with Crippen LogP contribution in [-0.4, -0.2) is 23.7 Å². The molecule has 1 aromatic carbocycles. The van der Waals surface area contributed by atoms with Gasteiger partial charge in [-0.2, -0.15) is 0 Å². The SMILES string of the molecule is CCOC(=O)c1cc(Cc2ccccc2)sc1NC(=S)NC1C2CC3CC(C2)CC1C3. The van der Waals surface area contributed by atoms with Gasteiger partial charge in [0, 0.05) is 17.3 Å². The first kappa shape index (κ1) is 21.0. The average Bonchev–Trinajstić information content (AvgIpc) is 3.13. The van der Waals surface area contributed by atoms with Gasteiger partial charge in [-0.3, -0.25) is 0 Å². The third-order valence-electron chi connectivity index (χ3n) is 7.25. The maximum atomic E-state index is 12.6. The van der Waals surface area contributed by atoms with E-state index in [0.29, 0.717) is 23.3 Å². The van der Waals surface area contributed by atoms with E-state index in [9.17, 15) is 4.79 Å². The van der Waals surface area contributed by atoms with E-state index in [4.69, 9.17) is 17.0 Å². The number of rotatable bonds is 6. The van der Waals surface area contributed by atoms with Crippen LogP contribution >= 0.6 is 23.6 Å². The van der Waals surface area contributed by atoms with Crippen molar-refractivity contribution in [2.24, 2.45) is 23.7 Å². The van der Waals surface area contributed by atoms with Crippen LogP contribution in [0.3, 0.4) is 0 Å². The van der Waals surface area contributed by atoms with Crippen molar-refractivity contribution in [1.29, 1.82) is 0 Å². The number of benzene rings is 1. The Kier molecular flexibility index (Phi) is 6.02. The zero-order chi connectivity index (χ0) is 21.4. The number of hydrogen-bond donors (Lipinski definition) is 2. The molecule has 0 saturated heterocycles. The van der Waals surface area contributed by atoms with Gasteiger partial charge in [-0.05, 0) is 86.5 Å². The summed E-state index contributed by atoms with van der Waals surface area (Å²) in [5, 5.41) is 8.41. The fourth-order valence-corrected chi connectivity index (χ4v) is 7.62. The van der Waals surface area contributed by atoms with Crippen LogP contribution in [0.4, 0.5) is 5.00 Å². The lowest BCUT2D eigenvalue weighted by Gasteiger charge is -2.54. The zero-order valence-electron chi connectivity index (χ0n) is 17.9. The molecular weight excluding hydrogens is 424 g/mol. The molecule has 0 amide bonds. The molecule has 31 heavy (non-hydrogen) atoms. The number of hydrogen-bond acceptors (Lipinski definition) is 4. The Morgan fingerprint density at radius 3 is 2.42 bits per heavy atom. The van der Waals surface area contributed by atoms with E-state index in [-0.39, 0.29) is 5.97 Å². The molecule has 6 heteroatoms. The Labute approximate surface area is 193 Å². The van der Waals surface area contributed by atoms with Crippen LogP contribution in [0.5, 0.6) is 0 Å². The molecule has 164 valence electrons. The Balaban J connectivity index is 1.30. The van der Waals surface area contributed by atoms with Gasteiger partial charge in [-0.1, -0.05) is 30.3 Å². The minimum atomic E-state index is -0.294. The highest BCUT2D eigenvalue weighted by Crippen LogP contribution is 2.53. The zero-order valence-corrected chi connectivity index (χ0v) is 19.6. The highest BCUT2D eigenvalue weighted by atomic mass is 32.1. The molecule has 6 rings (SSSR count). The van der Waals surface area contributed by atoms with Gasteiger partial charge in [0.2, 0.25) is 0 Å². The van der Waals surface area contributed by atoms with Crippen LogP contribution < -0.4 is 10.6 Å². The fourth-order valence-electron chi connectivity index (χ4n) is 6.23. The minimum absolute atomic E-state index is 0.294. The van der Waals surface area contributed by atoms with Crippen molar-refractivity contribution >= 4 is 39.6 Å². The summed E-state index contributed by atoms with van der Waals surface area (Å²) in [6.07, 6.45) is 7.63. The van der Waals surface area contributed by atoms with Crippen molar-refractivity contribution in [3.63, 3.8) is 0 Å². The standard InChI is InChI=1S/C25H30N2O2S2/c1-2-29-24(28)21-14-20(13-15-6-4-3-5-7-15)31-23(21)27-25(30)26-22-18-9-16-8-17(11-18)12-19(22)10-16/h3-7,14,16-19,22H,2,8-13H2,1H3,(H2,26,27,30). The molecule has 2 N–H and O–H groups in total. The molecular formula is C25H30N2O2S2. The smallest absolute Gasteiger partial charge is 0.341 e. The summed E-state index contributed by atoms with van der Waals surface area (Å²) in [5.41, 5.74) is 1.80. The number of anilines is 1. The quantitative estimate of drug-likeness (QED) is 0.438. The first-order valence-electron chi connectivity index (χ1n) is 11.5. The number of esters is 1.